The zero-order valence-corrected chi connectivity index (χ0v) is 27.0. The SMILES string of the molecule is Cc1nc(NC(=O)Cc2ccc(N(C)C)cc2)sc1[C@H]1CCC[C@H](c2nnc(NC(=O)Cc3ccc(N(C)C)cc3)s2)C1. The molecule has 4 aromatic rings. The molecule has 2 aromatic carbocycles. The zero-order chi connectivity index (χ0) is 30.5. The van der Waals surface area contributed by atoms with E-state index >= 15 is 0 Å². The van der Waals surface area contributed by atoms with Crippen molar-refractivity contribution in [1.29, 1.82) is 0 Å². The molecule has 2 aromatic heterocycles. The largest absolute Gasteiger partial charge is 0.378 e. The average molecular weight is 618 g/mol. The fourth-order valence-corrected chi connectivity index (χ4v) is 7.50. The van der Waals surface area contributed by atoms with Crippen LogP contribution in [0.3, 0.4) is 0 Å². The second kappa shape index (κ2) is 13.6. The van der Waals surface area contributed by atoms with Crippen LogP contribution in [0.2, 0.25) is 0 Å². The van der Waals surface area contributed by atoms with Gasteiger partial charge in [0.15, 0.2) is 5.13 Å². The van der Waals surface area contributed by atoms with Gasteiger partial charge in [-0.25, -0.2) is 4.98 Å². The molecule has 43 heavy (non-hydrogen) atoms. The van der Waals surface area contributed by atoms with Crippen molar-refractivity contribution in [2.75, 3.05) is 48.6 Å². The summed E-state index contributed by atoms with van der Waals surface area (Å²) in [6.45, 7) is 2.03. The number of nitrogens with zero attached hydrogens (tertiary/aromatic N) is 5. The Labute approximate surface area is 261 Å². The second-order valence-electron chi connectivity index (χ2n) is 11.5. The summed E-state index contributed by atoms with van der Waals surface area (Å²) in [7, 11) is 7.98. The molecule has 2 atom stereocenters. The van der Waals surface area contributed by atoms with E-state index in [9.17, 15) is 9.59 Å². The van der Waals surface area contributed by atoms with Crippen LogP contribution < -0.4 is 20.4 Å². The van der Waals surface area contributed by atoms with E-state index in [0.29, 0.717) is 29.0 Å². The number of amides is 2. The molecule has 0 spiro atoms. The van der Waals surface area contributed by atoms with Crippen LogP contribution in [0.15, 0.2) is 48.5 Å². The van der Waals surface area contributed by atoms with Gasteiger partial charge in [-0.3, -0.25) is 9.59 Å². The lowest BCUT2D eigenvalue weighted by Crippen LogP contribution is -2.14. The molecule has 2 N–H and O–H groups in total. The third-order valence-corrected chi connectivity index (χ3v) is 10.0. The van der Waals surface area contributed by atoms with Gasteiger partial charge in [-0.05, 0) is 67.5 Å². The van der Waals surface area contributed by atoms with Crippen molar-refractivity contribution in [3.05, 3.63) is 75.2 Å². The highest BCUT2D eigenvalue weighted by atomic mass is 32.1. The van der Waals surface area contributed by atoms with E-state index in [1.54, 1.807) is 11.3 Å². The van der Waals surface area contributed by atoms with E-state index < -0.39 is 0 Å². The zero-order valence-electron chi connectivity index (χ0n) is 25.4. The second-order valence-corrected chi connectivity index (χ2v) is 13.6. The molecule has 1 aliphatic rings. The first-order chi connectivity index (χ1) is 20.6. The van der Waals surface area contributed by atoms with Gasteiger partial charge >= 0.3 is 0 Å². The lowest BCUT2D eigenvalue weighted by atomic mass is 9.80. The summed E-state index contributed by atoms with van der Waals surface area (Å²) >= 11 is 3.05. The summed E-state index contributed by atoms with van der Waals surface area (Å²) in [4.78, 5) is 35.4. The van der Waals surface area contributed by atoms with Crippen LogP contribution in [0, 0.1) is 6.92 Å². The molecule has 9 nitrogen and oxygen atoms in total. The van der Waals surface area contributed by atoms with Crippen LogP contribution >= 0.6 is 22.7 Å². The Balaban J connectivity index is 1.15. The fraction of sp³-hybridized carbons (Fsp3) is 0.406. The van der Waals surface area contributed by atoms with Gasteiger partial charge in [-0.2, -0.15) is 0 Å². The molecule has 1 aliphatic carbocycles. The molecule has 0 unspecified atom stereocenters. The molecule has 0 saturated heterocycles. The minimum Gasteiger partial charge on any atom is -0.378 e. The number of anilines is 4. The predicted molar refractivity (Wildman–Crippen MR) is 177 cm³/mol. The highest BCUT2D eigenvalue weighted by molar-refractivity contribution is 7.16. The molecule has 0 radical (unpaired) electrons. The lowest BCUT2D eigenvalue weighted by Gasteiger charge is -2.27. The lowest BCUT2D eigenvalue weighted by molar-refractivity contribution is -0.116. The van der Waals surface area contributed by atoms with Crippen molar-refractivity contribution >= 4 is 56.1 Å². The number of hydrogen-bond acceptors (Lipinski definition) is 9. The topological polar surface area (TPSA) is 103 Å². The fourth-order valence-electron chi connectivity index (χ4n) is 5.46. The van der Waals surface area contributed by atoms with E-state index in [2.05, 4.69) is 20.8 Å². The molecular formula is C32H39N7O2S2. The van der Waals surface area contributed by atoms with Crippen LogP contribution in [0.25, 0.3) is 0 Å². The summed E-state index contributed by atoms with van der Waals surface area (Å²) in [5.41, 5.74) is 5.10. The van der Waals surface area contributed by atoms with Gasteiger partial charge in [-0.15, -0.1) is 21.5 Å². The van der Waals surface area contributed by atoms with Crippen LogP contribution in [-0.4, -0.2) is 55.2 Å². The highest BCUT2D eigenvalue weighted by Crippen LogP contribution is 2.45. The molecule has 0 bridgehead atoms. The molecule has 11 heteroatoms. The van der Waals surface area contributed by atoms with Gasteiger partial charge in [0.25, 0.3) is 0 Å². The van der Waals surface area contributed by atoms with Crippen molar-refractivity contribution in [1.82, 2.24) is 15.2 Å². The number of aryl methyl sites for hydroxylation is 1. The summed E-state index contributed by atoms with van der Waals surface area (Å²) < 4.78 is 0. The first-order valence-corrected chi connectivity index (χ1v) is 16.2. The van der Waals surface area contributed by atoms with Crippen molar-refractivity contribution in [3.8, 4) is 0 Å². The van der Waals surface area contributed by atoms with Crippen LogP contribution in [0.4, 0.5) is 21.6 Å². The molecular weight excluding hydrogens is 579 g/mol. The van der Waals surface area contributed by atoms with E-state index in [0.717, 1.165) is 58.9 Å². The third-order valence-electron chi connectivity index (χ3n) is 7.79. The molecule has 5 rings (SSSR count). The number of hydrogen-bond donors (Lipinski definition) is 2. The number of carbonyl (C=O) groups excluding carboxylic acids is 2. The standard InChI is InChI=1S/C32H39N7O2S2/c1-20-29(42-31(33-20)34-27(40)17-21-9-13-25(14-10-21)38(2)3)23-7-6-8-24(19-23)30-36-37-32(43-30)35-28(41)18-22-11-15-26(16-12-22)39(4)5/h9-16,23-24H,6-8,17-19H2,1-5H3,(H,33,34,40)(H,35,37,41)/t23-,24-/m0/s1. The smallest absolute Gasteiger partial charge is 0.230 e. The van der Waals surface area contributed by atoms with Crippen molar-refractivity contribution < 1.29 is 9.59 Å². The molecule has 0 aliphatic heterocycles. The van der Waals surface area contributed by atoms with Gasteiger partial charge in [0.1, 0.15) is 5.01 Å². The molecule has 2 heterocycles. The molecule has 1 saturated carbocycles. The Bertz CT molecular complexity index is 1540. The third kappa shape index (κ3) is 7.97. The van der Waals surface area contributed by atoms with E-state index in [1.807, 2.05) is 93.4 Å². The minimum absolute atomic E-state index is 0.0616. The molecule has 2 amide bonds. The van der Waals surface area contributed by atoms with Gasteiger partial charge in [0.2, 0.25) is 16.9 Å². The Hall–Kier alpha value is -3.83. The summed E-state index contributed by atoms with van der Waals surface area (Å²) in [5.74, 6) is 0.480. The summed E-state index contributed by atoms with van der Waals surface area (Å²) in [6.07, 6.45) is 4.77. The highest BCUT2D eigenvalue weighted by Gasteiger charge is 2.30. The number of rotatable bonds is 10. The Morgan fingerprint density at radius 3 is 1.86 bits per heavy atom. The number of thiazole rings is 1. The summed E-state index contributed by atoms with van der Waals surface area (Å²) in [5, 5.41) is 16.8. The van der Waals surface area contributed by atoms with Crippen LogP contribution in [0.5, 0.6) is 0 Å². The number of aromatic nitrogens is 3. The Morgan fingerprint density at radius 1 is 0.767 bits per heavy atom. The average Bonchev–Trinajstić information content (AvgIpc) is 3.59. The maximum absolute atomic E-state index is 12.8. The van der Waals surface area contributed by atoms with Crippen LogP contribution in [-0.2, 0) is 22.4 Å². The first kappa shape index (κ1) is 30.6. The Morgan fingerprint density at radius 2 is 1.30 bits per heavy atom. The maximum atomic E-state index is 12.8. The van der Waals surface area contributed by atoms with Crippen molar-refractivity contribution in [2.45, 2.75) is 57.3 Å². The van der Waals surface area contributed by atoms with E-state index in [4.69, 9.17) is 4.98 Å². The van der Waals surface area contributed by atoms with Crippen molar-refractivity contribution in [2.24, 2.45) is 0 Å². The predicted octanol–water partition coefficient (Wildman–Crippen LogP) is 6.24. The minimum atomic E-state index is -0.0951. The number of nitrogens with one attached hydrogen (secondary N) is 2. The monoisotopic (exact) mass is 617 g/mol. The first-order valence-electron chi connectivity index (χ1n) is 14.6. The van der Waals surface area contributed by atoms with Gasteiger partial charge < -0.3 is 20.4 Å². The quantitative estimate of drug-likeness (QED) is 0.217. The maximum Gasteiger partial charge on any atom is 0.230 e. The normalized spacial score (nSPS) is 16.5. The number of carbonyl (C=O) groups is 2. The van der Waals surface area contributed by atoms with E-state index in [-0.39, 0.29) is 17.7 Å². The molecule has 226 valence electrons. The summed E-state index contributed by atoms with van der Waals surface area (Å²) in [6, 6.07) is 16.0. The number of benzene rings is 2. The van der Waals surface area contributed by atoms with E-state index in [1.165, 1.54) is 16.2 Å². The van der Waals surface area contributed by atoms with Gasteiger partial charge in [0, 0.05) is 50.4 Å². The van der Waals surface area contributed by atoms with Crippen molar-refractivity contribution in [3.63, 3.8) is 0 Å². The molecule has 1 fully saturated rings. The van der Waals surface area contributed by atoms with Crippen LogP contribution in [0.1, 0.15) is 64.2 Å². The Kier molecular flexibility index (Phi) is 9.72. The van der Waals surface area contributed by atoms with Gasteiger partial charge in [0.05, 0.1) is 18.5 Å². The van der Waals surface area contributed by atoms with Gasteiger partial charge in [-0.1, -0.05) is 42.0 Å².